The van der Waals surface area contributed by atoms with Crippen molar-refractivity contribution in [1.82, 2.24) is 21.3 Å². The van der Waals surface area contributed by atoms with E-state index in [1.807, 2.05) is 0 Å². The van der Waals surface area contributed by atoms with Crippen LogP contribution in [0.3, 0.4) is 0 Å². The average molecular weight is 810 g/mol. The van der Waals surface area contributed by atoms with E-state index in [1.165, 1.54) is 0 Å². The van der Waals surface area contributed by atoms with E-state index < -0.39 is 47.7 Å². The molecule has 1 fully saturated rings. The first-order valence-electron chi connectivity index (χ1n) is 20.7. The maximum Gasteiger partial charge on any atom is 0.326 e. The molecule has 0 aromatic rings. The lowest BCUT2D eigenvalue weighted by molar-refractivity contribution is -0.143. The number of carbonyl (C=O) groups is 7. The Labute approximate surface area is 338 Å². The molecule has 1 aliphatic carbocycles. The van der Waals surface area contributed by atoms with Gasteiger partial charge in [0.15, 0.2) is 0 Å². The maximum absolute atomic E-state index is 13.0. The highest BCUT2D eigenvalue weighted by Crippen LogP contribution is 2.37. The molecule has 0 radical (unpaired) electrons. The van der Waals surface area contributed by atoms with E-state index in [0.717, 1.165) is 44.9 Å². The Morgan fingerprint density at radius 3 is 1.89 bits per heavy atom. The van der Waals surface area contributed by atoms with Crippen molar-refractivity contribution in [3.8, 4) is 0 Å². The average Bonchev–Trinajstić information content (AvgIpc) is 3.15. The second-order valence-electron chi connectivity index (χ2n) is 17.1. The fraction of sp³-hybridized carbons (Fsp3) is 0.805. The van der Waals surface area contributed by atoms with Crippen LogP contribution in [0.15, 0.2) is 5.16 Å². The van der Waals surface area contributed by atoms with Gasteiger partial charge >= 0.3 is 17.9 Å². The first kappa shape index (κ1) is 50.8. The Hall–Kier alpha value is -4.24. The third-order valence-corrected chi connectivity index (χ3v) is 10.9. The van der Waals surface area contributed by atoms with Gasteiger partial charge in [-0.2, -0.15) is 0 Å². The molecular weight excluding hydrogens is 738 g/mol. The smallest absolute Gasteiger partial charge is 0.326 e. The summed E-state index contributed by atoms with van der Waals surface area (Å²) in [4.78, 5) is 89.6. The van der Waals surface area contributed by atoms with Gasteiger partial charge in [-0.15, -0.1) is 5.16 Å². The predicted octanol–water partition coefficient (Wildman–Crippen LogP) is 5.17. The Bertz CT molecular complexity index is 1300. The maximum atomic E-state index is 13.0. The number of hydrogen-bond acceptors (Lipinski definition) is 9. The zero-order valence-corrected chi connectivity index (χ0v) is 34.8. The third kappa shape index (κ3) is 24.9. The zero-order chi connectivity index (χ0) is 42.9. The van der Waals surface area contributed by atoms with E-state index in [0.29, 0.717) is 64.5 Å². The molecule has 0 aromatic heterocycles. The molecule has 0 bridgehead atoms. The van der Waals surface area contributed by atoms with E-state index >= 15 is 0 Å². The molecule has 1 saturated carbocycles. The lowest BCUT2D eigenvalue weighted by Gasteiger charge is -2.31. The van der Waals surface area contributed by atoms with Crippen LogP contribution in [0.25, 0.3) is 0 Å². The molecule has 1 aliphatic rings. The largest absolute Gasteiger partial charge is 0.481 e. The summed E-state index contributed by atoms with van der Waals surface area (Å²) in [5.74, 6) is -4.92. The van der Waals surface area contributed by atoms with Crippen molar-refractivity contribution in [2.75, 3.05) is 19.7 Å². The Balaban J connectivity index is 2.37. The topological polar surface area (TPSA) is 250 Å². The molecular formula is C41H71N5O11. The van der Waals surface area contributed by atoms with Gasteiger partial charge in [-0.25, -0.2) is 4.79 Å². The molecule has 0 heterocycles. The van der Waals surface area contributed by atoms with Crippen LogP contribution in [0.2, 0.25) is 0 Å². The van der Waals surface area contributed by atoms with Gasteiger partial charge in [0, 0.05) is 51.4 Å². The quantitative estimate of drug-likeness (QED) is 0.0265. The van der Waals surface area contributed by atoms with Crippen molar-refractivity contribution >= 4 is 48.3 Å². The van der Waals surface area contributed by atoms with Crippen molar-refractivity contribution in [2.24, 2.45) is 27.8 Å². The van der Waals surface area contributed by atoms with Crippen LogP contribution in [-0.2, 0) is 38.4 Å². The summed E-state index contributed by atoms with van der Waals surface area (Å²) >= 11 is 0. The van der Waals surface area contributed by atoms with Gasteiger partial charge in [-0.3, -0.25) is 28.8 Å². The molecule has 2 atom stereocenters. The molecule has 7 N–H and O–H groups in total. The minimum Gasteiger partial charge on any atom is -0.481 e. The van der Waals surface area contributed by atoms with Gasteiger partial charge in [0.2, 0.25) is 23.6 Å². The van der Waals surface area contributed by atoms with E-state index in [9.17, 15) is 38.7 Å². The van der Waals surface area contributed by atoms with E-state index in [4.69, 9.17) is 15.1 Å². The Kier molecular flexibility index (Phi) is 24.4. The normalized spacial score (nSPS) is 16.7. The van der Waals surface area contributed by atoms with Crippen LogP contribution < -0.4 is 21.3 Å². The highest BCUT2D eigenvalue weighted by Gasteiger charge is 2.31. The third-order valence-electron chi connectivity index (χ3n) is 10.9. The molecule has 2 unspecified atom stereocenters. The summed E-state index contributed by atoms with van der Waals surface area (Å²) in [5.41, 5.74) is 0.198. The monoisotopic (exact) mass is 810 g/mol. The van der Waals surface area contributed by atoms with Gasteiger partial charge < -0.3 is 41.4 Å². The van der Waals surface area contributed by atoms with E-state index in [-0.39, 0.29) is 67.2 Å². The number of amides is 4. The highest BCUT2D eigenvalue weighted by atomic mass is 16.6. The highest BCUT2D eigenvalue weighted by molar-refractivity contribution is 5.89. The van der Waals surface area contributed by atoms with Crippen LogP contribution in [0.1, 0.15) is 156 Å². The molecule has 1 rings (SSSR count). The number of aliphatic carboxylic acids is 3. The number of rotatable bonds is 32. The molecule has 16 heteroatoms. The van der Waals surface area contributed by atoms with Crippen LogP contribution in [0.5, 0.6) is 0 Å². The lowest BCUT2D eigenvalue weighted by atomic mass is 9.75. The molecule has 326 valence electrons. The number of carbonyl (C=O) groups excluding carboxylic acids is 4. The lowest BCUT2D eigenvalue weighted by Crippen LogP contribution is -2.48. The molecule has 0 saturated heterocycles. The van der Waals surface area contributed by atoms with Crippen molar-refractivity contribution in [3.63, 3.8) is 0 Å². The van der Waals surface area contributed by atoms with Gasteiger partial charge in [-0.1, -0.05) is 47.0 Å². The summed E-state index contributed by atoms with van der Waals surface area (Å²) in [6.45, 7) is 13.1. The SMILES string of the molecule is C=NOCCCCNC(=O)C(CCC(=O)O)NC(=O)CCC(NC(=O)C1CCC(CNC(=O)CCCCCCC(C)(C)CCC(C)(C)CCC(=O)O)CC1)C(=O)O. The predicted molar refractivity (Wildman–Crippen MR) is 215 cm³/mol. The number of unbranched alkanes of at least 4 members (excludes halogenated alkanes) is 4. The van der Waals surface area contributed by atoms with E-state index in [2.05, 4.69) is 60.8 Å². The number of hydrogen-bond donors (Lipinski definition) is 7. The molecule has 0 spiro atoms. The molecule has 4 amide bonds. The standard InChI is InChI=1S/C41H71N5O11/c1-40(2,24-25-41(3,4)23-21-36(51)52)22-9-7-6-8-12-33(47)44-28-29-13-15-30(16-14-29)37(53)46-32(39(55)56)17-19-34(48)45-31(18-20-35(49)50)38(54)43-26-10-11-27-57-42-5/h29-32H,5-28H2,1-4H3,(H,43,54)(H,44,47)(H,45,48)(H,46,53)(H,49,50)(H,51,52)(H,55,56). The Morgan fingerprint density at radius 2 is 1.28 bits per heavy atom. The van der Waals surface area contributed by atoms with Gasteiger partial charge in [-0.05, 0) is 100 Å². The van der Waals surface area contributed by atoms with Crippen LogP contribution in [0.4, 0.5) is 0 Å². The van der Waals surface area contributed by atoms with Crippen LogP contribution in [0, 0.1) is 22.7 Å². The van der Waals surface area contributed by atoms with Crippen molar-refractivity contribution in [1.29, 1.82) is 0 Å². The van der Waals surface area contributed by atoms with Gasteiger partial charge in [0.05, 0.1) is 0 Å². The minimum absolute atomic E-state index is 0.0103. The fourth-order valence-corrected chi connectivity index (χ4v) is 6.91. The first-order valence-corrected chi connectivity index (χ1v) is 20.7. The summed E-state index contributed by atoms with van der Waals surface area (Å²) in [7, 11) is 0. The van der Waals surface area contributed by atoms with Gasteiger partial charge in [0.25, 0.3) is 0 Å². The number of carboxylic acid groups (broad SMARTS) is 3. The van der Waals surface area contributed by atoms with E-state index in [1.54, 1.807) is 0 Å². The number of oxime groups is 1. The fourth-order valence-electron chi connectivity index (χ4n) is 6.91. The van der Waals surface area contributed by atoms with Crippen molar-refractivity contribution in [3.05, 3.63) is 0 Å². The second-order valence-corrected chi connectivity index (χ2v) is 17.1. The summed E-state index contributed by atoms with van der Waals surface area (Å²) < 4.78 is 0. The molecule has 57 heavy (non-hydrogen) atoms. The first-order chi connectivity index (χ1) is 26.8. The summed E-state index contributed by atoms with van der Waals surface area (Å²) in [5, 5.41) is 41.8. The number of nitrogens with one attached hydrogen (secondary N) is 4. The number of nitrogens with zero attached hydrogens (tertiary/aromatic N) is 1. The zero-order valence-electron chi connectivity index (χ0n) is 34.8. The van der Waals surface area contributed by atoms with Gasteiger partial charge in [0.1, 0.15) is 18.7 Å². The Morgan fingerprint density at radius 1 is 0.667 bits per heavy atom. The van der Waals surface area contributed by atoms with Crippen LogP contribution >= 0.6 is 0 Å². The molecule has 0 aliphatic heterocycles. The van der Waals surface area contributed by atoms with Crippen molar-refractivity contribution in [2.45, 2.75) is 168 Å². The second kappa shape index (κ2) is 27.4. The summed E-state index contributed by atoms with van der Waals surface area (Å²) in [6.07, 6.45) is 11.1. The minimum atomic E-state index is -1.32. The van der Waals surface area contributed by atoms with Crippen LogP contribution in [-0.4, -0.2) is 95.4 Å². The van der Waals surface area contributed by atoms with Crippen molar-refractivity contribution < 1.29 is 53.7 Å². The number of carboxylic acids is 3. The molecule has 16 nitrogen and oxygen atoms in total. The summed E-state index contributed by atoms with van der Waals surface area (Å²) in [6, 6.07) is -2.44. The molecule has 0 aromatic carbocycles.